The molecule has 1 heterocycles. The number of hydrogen-bond acceptors (Lipinski definition) is 2. The predicted molar refractivity (Wildman–Crippen MR) is 66.6 cm³/mol. The van der Waals surface area contributed by atoms with Crippen molar-refractivity contribution in [3.05, 3.63) is 18.0 Å². The molecule has 1 rings (SSSR count). The van der Waals surface area contributed by atoms with Crippen molar-refractivity contribution in [1.82, 2.24) is 15.1 Å². The summed E-state index contributed by atoms with van der Waals surface area (Å²) in [5, 5.41) is 7.40. The zero-order chi connectivity index (χ0) is 11.1. The van der Waals surface area contributed by atoms with Gasteiger partial charge in [-0.05, 0) is 18.9 Å². The molecule has 5 heteroatoms. The lowest BCUT2D eigenvalue weighted by Crippen LogP contribution is -2.15. The minimum atomic E-state index is -0.359. The third kappa shape index (κ3) is 6.08. The summed E-state index contributed by atoms with van der Waals surface area (Å²) in [6.45, 7) is 6.25. The maximum atomic E-state index is 12.0. The highest BCUT2D eigenvalue weighted by Gasteiger charge is 1.98. The second kappa shape index (κ2) is 8.53. The van der Waals surface area contributed by atoms with Crippen LogP contribution >= 0.6 is 12.4 Å². The number of halogens is 2. The molecule has 0 saturated carbocycles. The van der Waals surface area contributed by atoms with Crippen LogP contribution in [0, 0.1) is 5.92 Å². The number of nitrogens with zero attached hydrogens (tertiary/aromatic N) is 2. The molecule has 3 nitrogen and oxygen atoms in total. The van der Waals surface area contributed by atoms with Crippen LogP contribution < -0.4 is 5.32 Å². The molecule has 0 radical (unpaired) electrons. The number of aryl methyl sites for hydroxylation is 1. The molecule has 1 N–H and O–H groups in total. The molecule has 16 heavy (non-hydrogen) atoms. The minimum Gasteiger partial charge on any atom is -0.313 e. The largest absolute Gasteiger partial charge is 0.313 e. The summed E-state index contributed by atoms with van der Waals surface area (Å²) in [7, 11) is 0. The van der Waals surface area contributed by atoms with Gasteiger partial charge in [-0.2, -0.15) is 5.10 Å². The molecule has 0 aliphatic carbocycles. The van der Waals surface area contributed by atoms with Gasteiger partial charge in [0, 0.05) is 18.3 Å². The van der Waals surface area contributed by atoms with Gasteiger partial charge in [-0.3, -0.25) is 4.68 Å². The molecule has 0 amide bonds. The number of rotatable bonds is 7. The van der Waals surface area contributed by atoms with Crippen molar-refractivity contribution in [2.24, 2.45) is 5.92 Å². The number of hydrogen-bond donors (Lipinski definition) is 1. The van der Waals surface area contributed by atoms with E-state index in [1.54, 1.807) is 10.9 Å². The van der Waals surface area contributed by atoms with E-state index in [1.165, 1.54) is 6.42 Å². The third-order valence-electron chi connectivity index (χ3n) is 2.23. The van der Waals surface area contributed by atoms with E-state index in [9.17, 15) is 4.39 Å². The van der Waals surface area contributed by atoms with E-state index < -0.39 is 0 Å². The summed E-state index contributed by atoms with van der Waals surface area (Å²) in [4.78, 5) is 0. The van der Waals surface area contributed by atoms with Gasteiger partial charge >= 0.3 is 0 Å². The van der Waals surface area contributed by atoms with Crippen LogP contribution in [-0.4, -0.2) is 23.0 Å². The summed E-state index contributed by atoms with van der Waals surface area (Å²) in [5.74, 6) is 0.728. The molecule has 0 aromatic carbocycles. The van der Waals surface area contributed by atoms with Crippen LogP contribution in [0.25, 0.3) is 0 Å². The highest BCUT2D eigenvalue weighted by Crippen LogP contribution is 1.99. The van der Waals surface area contributed by atoms with Gasteiger partial charge in [0.2, 0.25) is 0 Å². The Bertz CT molecular complexity index is 276. The highest BCUT2D eigenvalue weighted by atomic mass is 35.5. The second-order valence-electron chi connectivity index (χ2n) is 4.16. The van der Waals surface area contributed by atoms with Crippen LogP contribution in [0.15, 0.2) is 12.4 Å². The molecule has 0 bridgehead atoms. The summed E-state index contributed by atoms with van der Waals surface area (Å²) < 4.78 is 13.6. The maximum Gasteiger partial charge on any atom is 0.109 e. The number of nitrogens with one attached hydrogen (secondary N) is 1. The normalized spacial score (nSPS) is 10.5. The molecule has 0 aliphatic rings. The molecule has 0 aliphatic heterocycles. The highest BCUT2D eigenvalue weighted by molar-refractivity contribution is 5.85. The van der Waals surface area contributed by atoms with Crippen molar-refractivity contribution in [2.75, 3.05) is 13.2 Å². The summed E-state index contributed by atoms with van der Waals surface area (Å²) in [6, 6.07) is 0. The van der Waals surface area contributed by atoms with Crippen LogP contribution in [0.5, 0.6) is 0 Å². The zero-order valence-corrected chi connectivity index (χ0v) is 10.8. The van der Waals surface area contributed by atoms with Crippen LogP contribution in [-0.2, 0) is 13.1 Å². The zero-order valence-electron chi connectivity index (χ0n) is 9.95. The Morgan fingerprint density at radius 1 is 1.50 bits per heavy atom. The molecule has 0 atom stereocenters. The van der Waals surface area contributed by atoms with E-state index in [2.05, 4.69) is 24.3 Å². The quantitative estimate of drug-likeness (QED) is 0.753. The van der Waals surface area contributed by atoms with Gasteiger partial charge in [-0.1, -0.05) is 13.8 Å². The van der Waals surface area contributed by atoms with Crippen molar-refractivity contribution >= 4 is 12.4 Å². The fraction of sp³-hybridized carbons (Fsp3) is 0.727. The van der Waals surface area contributed by atoms with Gasteiger partial charge < -0.3 is 5.32 Å². The Morgan fingerprint density at radius 2 is 2.25 bits per heavy atom. The lowest BCUT2D eigenvalue weighted by Gasteiger charge is -2.05. The molecule has 0 fully saturated rings. The first-order valence-electron chi connectivity index (χ1n) is 5.50. The predicted octanol–water partition coefficient (Wildman–Crippen LogP) is 2.41. The average Bonchev–Trinajstić information content (AvgIpc) is 2.61. The second-order valence-corrected chi connectivity index (χ2v) is 4.16. The van der Waals surface area contributed by atoms with Crippen molar-refractivity contribution in [3.63, 3.8) is 0 Å². The smallest absolute Gasteiger partial charge is 0.109 e. The Balaban J connectivity index is 0.00000225. The van der Waals surface area contributed by atoms with Gasteiger partial charge in [0.05, 0.1) is 12.7 Å². The van der Waals surface area contributed by atoms with E-state index in [-0.39, 0.29) is 19.1 Å². The third-order valence-corrected chi connectivity index (χ3v) is 2.23. The Labute approximate surface area is 103 Å². The van der Waals surface area contributed by atoms with E-state index in [0.29, 0.717) is 6.54 Å². The summed E-state index contributed by atoms with van der Waals surface area (Å²) in [5.41, 5.74) is 1.12. The first-order chi connectivity index (χ1) is 7.22. The van der Waals surface area contributed by atoms with Gasteiger partial charge in [-0.25, -0.2) is 4.39 Å². The lowest BCUT2D eigenvalue weighted by molar-refractivity contribution is 0.427. The first kappa shape index (κ1) is 15.4. The fourth-order valence-electron chi connectivity index (χ4n) is 1.33. The molecular weight excluding hydrogens is 229 g/mol. The fourth-order valence-corrected chi connectivity index (χ4v) is 1.33. The van der Waals surface area contributed by atoms with Gasteiger partial charge in [0.25, 0.3) is 0 Å². The minimum absolute atomic E-state index is 0. The Hall–Kier alpha value is -0.610. The summed E-state index contributed by atoms with van der Waals surface area (Å²) in [6.07, 6.45) is 4.86. The number of aromatic nitrogens is 2. The molecule has 0 spiro atoms. The first-order valence-corrected chi connectivity index (χ1v) is 5.50. The topological polar surface area (TPSA) is 29.9 Å². The molecule has 1 aromatic rings. The van der Waals surface area contributed by atoms with Crippen molar-refractivity contribution < 1.29 is 4.39 Å². The molecule has 1 aromatic heterocycles. The van der Waals surface area contributed by atoms with Crippen LogP contribution in [0.4, 0.5) is 4.39 Å². The molecule has 0 saturated heterocycles. The summed E-state index contributed by atoms with van der Waals surface area (Å²) >= 11 is 0. The standard InChI is InChI=1S/C11H20FN3.ClH/c1-10(2)3-5-13-7-11-8-14-15(9-11)6-4-12;/h8-10,13H,3-7H2,1-2H3;1H. The molecule has 94 valence electrons. The monoisotopic (exact) mass is 249 g/mol. The van der Waals surface area contributed by atoms with Crippen LogP contribution in [0.2, 0.25) is 0 Å². The maximum absolute atomic E-state index is 12.0. The van der Waals surface area contributed by atoms with E-state index >= 15 is 0 Å². The van der Waals surface area contributed by atoms with E-state index in [1.807, 2.05) is 6.20 Å². The van der Waals surface area contributed by atoms with Crippen molar-refractivity contribution in [2.45, 2.75) is 33.4 Å². The van der Waals surface area contributed by atoms with Gasteiger partial charge in [0.1, 0.15) is 6.67 Å². The van der Waals surface area contributed by atoms with E-state index in [0.717, 1.165) is 24.6 Å². The van der Waals surface area contributed by atoms with Crippen molar-refractivity contribution in [3.8, 4) is 0 Å². The van der Waals surface area contributed by atoms with E-state index in [4.69, 9.17) is 0 Å². The molecular formula is C11H21ClFN3. The van der Waals surface area contributed by atoms with Crippen LogP contribution in [0.3, 0.4) is 0 Å². The Kier molecular flexibility index (Phi) is 8.21. The average molecular weight is 250 g/mol. The lowest BCUT2D eigenvalue weighted by atomic mass is 10.1. The molecule has 0 unspecified atom stereocenters. The Morgan fingerprint density at radius 3 is 2.88 bits per heavy atom. The van der Waals surface area contributed by atoms with Crippen molar-refractivity contribution in [1.29, 1.82) is 0 Å². The SMILES string of the molecule is CC(C)CCNCc1cnn(CCF)c1.Cl. The van der Waals surface area contributed by atoms with Gasteiger partial charge in [-0.15, -0.1) is 12.4 Å². The van der Waals surface area contributed by atoms with Gasteiger partial charge in [0.15, 0.2) is 0 Å². The number of alkyl halides is 1. The van der Waals surface area contributed by atoms with Crippen LogP contribution in [0.1, 0.15) is 25.8 Å².